The lowest BCUT2D eigenvalue weighted by Crippen LogP contribution is -2.10. The third kappa shape index (κ3) is 2.19. The van der Waals surface area contributed by atoms with Gasteiger partial charge in [-0.15, -0.1) is 0 Å². The van der Waals surface area contributed by atoms with Crippen molar-refractivity contribution in [2.24, 2.45) is 0 Å². The van der Waals surface area contributed by atoms with Gasteiger partial charge < -0.3 is 0 Å². The Bertz CT molecular complexity index is 858. The zero-order valence-electron chi connectivity index (χ0n) is 13.4. The monoisotopic (exact) mass is 306 g/mol. The first-order valence-corrected chi connectivity index (χ1v) is 7.99. The summed E-state index contributed by atoms with van der Waals surface area (Å²) in [5.41, 5.74) is 6.92. The number of rotatable bonds is 3. The fourth-order valence-electron chi connectivity index (χ4n) is 3.54. The van der Waals surface area contributed by atoms with Gasteiger partial charge in [-0.1, -0.05) is 36.4 Å². The summed E-state index contributed by atoms with van der Waals surface area (Å²) < 4.78 is 13.2. The summed E-state index contributed by atoms with van der Waals surface area (Å²) in [6, 6.07) is 15.2. The molecule has 1 aliphatic rings. The Morgan fingerprint density at radius 3 is 2.35 bits per heavy atom. The van der Waals surface area contributed by atoms with Crippen molar-refractivity contribution in [1.29, 1.82) is 0 Å². The molecule has 1 aliphatic carbocycles. The van der Waals surface area contributed by atoms with Crippen molar-refractivity contribution < 1.29 is 4.39 Å². The Kier molecular flexibility index (Phi) is 3.12. The van der Waals surface area contributed by atoms with Crippen LogP contribution in [0.1, 0.15) is 35.2 Å². The second-order valence-electron chi connectivity index (χ2n) is 6.48. The van der Waals surface area contributed by atoms with E-state index in [9.17, 15) is 4.39 Å². The van der Waals surface area contributed by atoms with E-state index in [-0.39, 0.29) is 11.2 Å². The molecule has 0 radical (unpaired) electrons. The van der Waals surface area contributed by atoms with Gasteiger partial charge in [0.05, 0.1) is 5.69 Å². The van der Waals surface area contributed by atoms with E-state index in [1.165, 1.54) is 27.9 Å². The highest BCUT2D eigenvalue weighted by molar-refractivity contribution is 5.68. The van der Waals surface area contributed by atoms with Gasteiger partial charge in [0.15, 0.2) is 0 Å². The Labute approximate surface area is 135 Å². The molecule has 4 rings (SSSR count). The largest absolute Gasteiger partial charge is 0.281 e. The predicted octanol–water partition coefficient (Wildman–Crippen LogP) is 4.91. The smallest absolute Gasteiger partial charge is 0.123 e. The third-order valence-electron chi connectivity index (χ3n) is 5.04. The van der Waals surface area contributed by atoms with Crippen LogP contribution in [0.3, 0.4) is 0 Å². The van der Waals surface area contributed by atoms with E-state index in [4.69, 9.17) is 0 Å². The van der Waals surface area contributed by atoms with Crippen LogP contribution in [0.4, 0.5) is 4.39 Å². The minimum Gasteiger partial charge on any atom is -0.281 e. The third-order valence-corrected chi connectivity index (χ3v) is 5.04. The molecule has 23 heavy (non-hydrogen) atoms. The summed E-state index contributed by atoms with van der Waals surface area (Å²) >= 11 is 0. The molecule has 0 saturated heterocycles. The van der Waals surface area contributed by atoms with Crippen molar-refractivity contribution in [2.45, 2.75) is 32.1 Å². The number of benzene rings is 2. The van der Waals surface area contributed by atoms with Gasteiger partial charge in [0.1, 0.15) is 5.82 Å². The van der Waals surface area contributed by atoms with Crippen LogP contribution in [0.15, 0.2) is 48.5 Å². The molecule has 1 N–H and O–H groups in total. The van der Waals surface area contributed by atoms with E-state index in [2.05, 4.69) is 36.2 Å². The Hall–Kier alpha value is -2.42. The lowest BCUT2D eigenvalue weighted by Gasteiger charge is -2.15. The van der Waals surface area contributed by atoms with E-state index < -0.39 is 0 Å². The lowest BCUT2D eigenvalue weighted by atomic mass is 9.89. The number of nitrogens with zero attached hydrogens (tertiary/aromatic N) is 1. The summed E-state index contributed by atoms with van der Waals surface area (Å²) in [6.45, 7) is 4.24. The molecule has 3 aromatic rings. The molecule has 0 atom stereocenters. The standard InChI is InChI=1S/C20H19FN2/c1-13-5-3-4-6-17(13)18-14(2)19(23-22-18)20(11-12-20)15-7-9-16(21)10-8-15/h3-10H,11-12H2,1-2H3,(H,22,23). The SMILES string of the molecule is Cc1ccccc1-c1n[nH]c(C2(c3ccc(F)cc3)CC2)c1C. The Morgan fingerprint density at radius 1 is 1.00 bits per heavy atom. The second kappa shape index (κ2) is 5.05. The first-order chi connectivity index (χ1) is 11.1. The number of H-pyrrole nitrogens is 1. The summed E-state index contributed by atoms with van der Waals surface area (Å²) in [5.74, 6) is -0.188. The zero-order chi connectivity index (χ0) is 16.0. The molecule has 1 saturated carbocycles. The van der Waals surface area contributed by atoms with Gasteiger partial charge in [-0.2, -0.15) is 5.10 Å². The number of aromatic nitrogens is 2. The van der Waals surface area contributed by atoms with Gasteiger partial charge in [-0.3, -0.25) is 5.10 Å². The number of nitrogens with one attached hydrogen (secondary N) is 1. The fourth-order valence-corrected chi connectivity index (χ4v) is 3.54. The topological polar surface area (TPSA) is 28.7 Å². The molecule has 0 amide bonds. The molecular weight excluding hydrogens is 287 g/mol. The molecule has 1 aromatic heterocycles. The average Bonchev–Trinajstić information content (AvgIpc) is 3.26. The predicted molar refractivity (Wildman–Crippen MR) is 89.9 cm³/mol. The first kappa shape index (κ1) is 14.2. The summed E-state index contributed by atoms with van der Waals surface area (Å²) in [4.78, 5) is 0. The Balaban J connectivity index is 1.80. The minimum absolute atomic E-state index is 0.0221. The van der Waals surface area contributed by atoms with E-state index in [0.29, 0.717) is 0 Å². The molecule has 0 spiro atoms. The van der Waals surface area contributed by atoms with Gasteiger partial charge in [0.25, 0.3) is 0 Å². The number of aromatic amines is 1. The van der Waals surface area contributed by atoms with Crippen LogP contribution in [-0.4, -0.2) is 10.2 Å². The maximum atomic E-state index is 13.2. The van der Waals surface area contributed by atoms with Crippen LogP contribution < -0.4 is 0 Å². The average molecular weight is 306 g/mol. The van der Waals surface area contributed by atoms with Crippen LogP contribution in [0.25, 0.3) is 11.3 Å². The molecular formula is C20H19FN2. The summed E-state index contributed by atoms with van der Waals surface area (Å²) in [5, 5.41) is 7.87. The van der Waals surface area contributed by atoms with Crippen molar-refractivity contribution in [2.75, 3.05) is 0 Å². The van der Waals surface area contributed by atoms with Gasteiger partial charge >= 0.3 is 0 Å². The van der Waals surface area contributed by atoms with Gasteiger partial charge in [-0.05, 0) is 55.5 Å². The molecule has 2 nitrogen and oxygen atoms in total. The highest BCUT2D eigenvalue weighted by atomic mass is 19.1. The normalized spacial score (nSPS) is 15.6. The van der Waals surface area contributed by atoms with E-state index >= 15 is 0 Å². The van der Waals surface area contributed by atoms with E-state index in [1.807, 2.05) is 24.3 Å². The maximum absolute atomic E-state index is 13.2. The van der Waals surface area contributed by atoms with Crippen molar-refractivity contribution in [3.63, 3.8) is 0 Å². The molecule has 0 unspecified atom stereocenters. The molecule has 0 aliphatic heterocycles. The molecule has 1 heterocycles. The molecule has 1 fully saturated rings. The summed E-state index contributed by atoms with van der Waals surface area (Å²) in [7, 11) is 0. The van der Waals surface area contributed by atoms with Crippen molar-refractivity contribution in [1.82, 2.24) is 10.2 Å². The molecule has 2 aromatic carbocycles. The lowest BCUT2D eigenvalue weighted by molar-refractivity contribution is 0.625. The quantitative estimate of drug-likeness (QED) is 0.731. The first-order valence-electron chi connectivity index (χ1n) is 7.99. The van der Waals surface area contributed by atoms with Crippen LogP contribution >= 0.6 is 0 Å². The van der Waals surface area contributed by atoms with Crippen molar-refractivity contribution in [3.05, 3.63) is 76.7 Å². The second-order valence-corrected chi connectivity index (χ2v) is 6.48. The highest BCUT2D eigenvalue weighted by Gasteiger charge is 2.48. The van der Waals surface area contributed by atoms with E-state index in [0.717, 1.165) is 18.5 Å². The Morgan fingerprint density at radius 2 is 1.70 bits per heavy atom. The van der Waals surface area contributed by atoms with Crippen LogP contribution in [0.5, 0.6) is 0 Å². The van der Waals surface area contributed by atoms with Gasteiger partial charge in [0, 0.05) is 16.7 Å². The number of hydrogen-bond donors (Lipinski definition) is 1. The van der Waals surface area contributed by atoms with E-state index in [1.54, 1.807) is 12.1 Å². The molecule has 116 valence electrons. The zero-order valence-corrected chi connectivity index (χ0v) is 13.4. The van der Waals surface area contributed by atoms with Crippen LogP contribution in [0, 0.1) is 19.7 Å². The van der Waals surface area contributed by atoms with Crippen LogP contribution in [-0.2, 0) is 5.41 Å². The number of aryl methyl sites for hydroxylation is 1. The molecule has 3 heteroatoms. The summed E-state index contributed by atoms with van der Waals surface area (Å²) in [6.07, 6.45) is 2.16. The fraction of sp³-hybridized carbons (Fsp3) is 0.250. The molecule has 0 bridgehead atoms. The highest BCUT2D eigenvalue weighted by Crippen LogP contribution is 2.54. The van der Waals surface area contributed by atoms with Crippen LogP contribution in [0.2, 0.25) is 0 Å². The maximum Gasteiger partial charge on any atom is 0.123 e. The minimum atomic E-state index is -0.188. The van der Waals surface area contributed by atoms with Crippen molar-refractivity contribution >= 4 is 0 Å². The number of hydrogen-bond acceptors (Lipinski definition) is 1. The van der Waals surface area contributed by atoms with Gasteiger partial charge in [-0.25, -0.2) is 4.39 Å². The van der Waals surface area contributed by atoms with Crippen molar-refractivity contribution in [3.8, 4) is 11.3 Å². The number of halogens is 1. The van der Waals surface area contributed by atoms with Gasteiger partial charge in [0.2, 0.25) is 0 Å².